The topological polar surface area (TPSA) is 88.0 Å². The van der Waals surface area contributed by atoms with Gasteiger partial charge < -0.3 is 15.2 Å². The number of alkyl halides is 3. The van der Waals surface area contributed by atoms with Gasteiger partial charge in [0, 0.05) is 17.8 Å². The molecule has 2 N–H and O–H groups in total. The predicted octanol–water partition coefficient (Wildman–Crippen LogP) is 4.24. The van der Waals surface area contributed by atoms with Gasteiger partial charge in [-0.3, -0.25) is 14.6 Å². The van der Waals surface area contributed by atoms with Gasteiger partial charge in [0.05, 0.1) is 12.1 Å². The third-order valence-corrected chi connectivity index (χ3v) is 3.87. The van der Waals surface area contributed by atoms with E-state index in [-0.39, 0.29) is 18.7 Å². The average molecular weight is 408 g/mol. The number of carboxylic acids is 1. The summed E-state index contributed by atoms with van der Waals surface area (Å²) in [5.41, 5.74) is 2.39. The Balaban J connectivity index is 2.23. The van der Waals surface area contributed by atoms with Crippen LogP contribution in [-0.4, -0.2) is 35.6 Å². The average Bonchev–Trinajstić information content (AvgIpc) is 2.61. The number of halogens is 3. The number of hydrogen-bond donors (Lipinski definition) is 2. The Kier molecular flexibility index (Phi) is 6.98. The SMILES string of the molecule is CC(=Nc1cc(C(=O)NCCC(=O)O)ccc1C)c1cccc(OC(F)(F)F)c1. The smallest absolute Gasteiger partial charge is 0.481 e. The summed E-state index contributed by atoms with van der Waals surface area (Å²) >= 11 is 0. The number of aryl methyl sites for hydroxylation is 1. The van der Waals surface area contributed by atoms with E-state index in [2.05, 4.69) is 15.0 Å². The van der Waals surface area contributed by atoms with Crippen molar-refractivity contribution in [2.24, 2.45) is 4.99 Å². The first-order valence-corrected chi connectivity index (χ1v) is 8.57. The summed E-state index contributed by atoms with van der Waals surface area (Å²) in [7, 11) is 0. The minimum absolute atomic E-state index is 0.00826. The second-order valence-electron chi connectivity index (χ2n) is 6.17. The fourth-order valence-corrected chi connectivity index (χ4v) is 2.42. The number of rotatable bonds is 7. The molecule has 1 amide bonds. The fourth-order valence-electron chi connectivity index (χ4n) is 2.42. The van der Waals surface area contributed by atoms with Gasteiger partial charge in [0.25, 0.3) is 5.91 Å². The van der Waals surface area contributed by atoms with Crippen LogP contribution in [0.15, 0.2) is 47.5 Å². The minimum atomic E-state index is -4.79. The Morgan fingerprint density at radius 2 is 1.86 bits per heavy atom. The van der Waals surface area contributed by atoms with Crippen LogP contribution in [0.1, 0.15) is 34.8 Å². The van der Waals surface area contributed by atoms with Crippen molar-refractivity contribution in [3.8, 4) is 5.75 Å². The van der Waals surface area contributed by atoms with E-state index in [0.29, 0.717) is 22.5 Å². The molecule has 0 saturated heterocycles. The molecule has 0 unspecified atom stereocenters. The molecule has 0 atom stereocenters. The number of carbonyl (C=O) groups is 2. The zero-order chi connectivity index (χ0) is 21.6. The maximum Gasteiger partial charge on any atom is 0.573 e. The van der Waals surface area contributed by atoms with Gasteiger partial charge in [-0.15, -0.1) is 13.2 Å². The third kappa shape index (κ3) is 6.95. The second-order valence-corrected chi connectivity index (χ2v) is 6.17. The molecule has 0 aromatic heterocycles. The lowest BCUT2D eigenvalue weighted by Gasteiger charge is -2.11. The summed E-state index contributed by atoms with van der Waals surface area (Å²) in [5, 5.41) is 11.1. The van der Waals surface area contributed by atoms with E-state index in [1.807, 2.05) is 0 Å². The van der Waals surface area contributed by atoms with Crippen LogP contribution >= 0.6 is 0 Å². The third-order valence-electron chi connectivity index (χ3n) is 3.87. The number of aliphatic imine (C=N–C) groups is 1. The van der Waals surface area contributed by atoms with E-state index >= 15 is 0 Å². The van der Waals surface area contributed by atoms with Gasteiger partial charge in [0.15, 0.2) is 0 Å². The lowest BCUT2D eigenvalue weighted by atomic mass is 10.1. The Morgan fingerprint density at radius 1 is 1.14 bits per heavy atom. The zero-order valence-electron chi connectivity index (χ0n) is 15.7. The highest BCUT2D eigenvalue weighted by atomic mass is 19.4. The molecule has 0 fully saturated rings. The minimum Gasteiger partial charge on any atom is -0.481 e. The molecule has 0 heterocycles. The molecule has 2 aromatic rings. The number of aliphatic carboxylic acids is 1. The van der Waals surface area contributed by atoms with Crippen LogP contribution in [0.4, 0.5) is 18.9 Å². The van der Waals surface area contributed by atoms with Crippen LogP contribution in [0.3, 0.4) is 0 Å². The highest BCUT2D eigenvalue weighted by molar-refractivity contribution is 6.01. The van der Waals surface area contributed by atoms with Crippen LogP contribution in [0.2, 0.25) is 0 Å². The first-order valence-electron chi connectivity index (χ1n) is 8.57. The first kappa shape index (κ1) is 21.9. The van der Waals surface area contributed by atoms with Crippen LogP contribution in [0.25, 0.3) is 0 Å². The van der Waals surface area contributed by atoms with E-state index in [4.69, 9.17) is 5.11 Å². The number of nitrogens with zero attached hydrogens (tertiary/aromatic N) is 1. The summed E-state index contributed by atoms with van der Waals surface area (Å²) in [6.45, 7) is 3.40. The molecular formula is C20H19F3N2O4. The summed E-state index contributed by atoms with van der Waals surface area (Å²) in [5.74, 6) is -1.82. The Bertz CT molecular complexity index is 940. The van der Waals surface area contributed by atoms with Crippen molar-refractivity contribution in [3.63, 3.8) is 0 Å². The van der Waals surface area contributed by atoms with Crippen molar-refractivity contribution in [1.82, 2.24) is 5.32 Å². The number of hydrogen-bond acceptors (Lipinski definition) is 4. The number of carboxylic acid groups (broad SMARTS) is 1. The zero-order valence-corrected chi connectivity index (χ0v) is 15.7. The van der Waals surface area contributed by atoms with Gasteiger partial charge in [-0.25, -0.2) is 0 Å². The van der Waals surface area contributed by atoms with E-state index in [9.17, 15) is 22.8 Å². The number of nitrogens with one attached hydrogen (secondary N) is 1. The molecule has 0 aliphatic carbocycles. The molecule has 0 aliphatic rings. The predicted molar refractivity (Wildman–Crippen MR) is 101 cm³/mol. The van der Waals surface area contributed by atoms with Gasteiger partial charge in [-0.2, -0.15) is 0 Å². The Morgan fingerprint density at radius 3 is 2.52 bits per heavy atom. The summed E-state index contributed by atoms with van der Waals surface area (Å²) in [6.07, 6.45) is -4.99. The largest absolute Gasteiger partial charge is 0.573 e. The molecule has 9 heteroatoms. The van der Waals surface area contributed by atoms with Gasteiger partial charge in [-0.05, 0) is 49.2 Å². The molecule has 2 rings (SSSR count). The normalized spacial score (nSPS) is 11.8. The summed E-state index contributed by atoms with van der Waals surface area (Å²) in [6, 6.07) is 10.2. The second kappa shape index (κ2) is 9.22. The fraction of sp³-hybridized carbons (Fsp3) is 0.250. The van der Waals surface area contributed by atoms with Gasteiger partial charge in [0.1, 0.15) is 5.75 Å². The lowest BCUT2D eigenvalue weighted by molar-refractivity contribution is -0.274. The summed E-state index contributed by atoms with van der Waals surface area (Å²) in [4.78, 5) is 27.1. The molecule has 6 nitrogen and oxygen atoms in total. The van der Waals surface area contributed by atoms with Crippen molar-refractivity contribution in [1.29, 1.82) is 0 Å². The molecule has 0 saturated carbocycles. The maximum absolute atomic E-state index is 12.4. The lowest BCUT2D eigenvalue weighted by Crippen LogP contribution is -2.25. The standard InChI is InChI=1S/C20H19F3N2O4/c1-12-6-7-15(19(28)24-9-8-18(26)27)11-17(12)25-13(2)14-4-3-5-16(10-14)29-20(21,22)23/h3-7,10-11H,8-9H2,1-2H3,(H,24,28)(H,26,27). The Labute approximate surface area is 165 Å². The van der Waals surface area contributed by atoms with E-state index in [1.54, 1.807) is 32.0 Å². The van der Waals surface area contributed by atoms with Gasteiger partial charge >= 0.3 is 12.3 Å². The van der Waals surface area contributed by atoms with Crippen LogP contribution in [0, 0.1) is 6.92 Å². The van der Waals surface area contributed by atoms with Crippen molar-refractivity contribution >= 4 is 23.3 Å². The van der Waals surface area contributed by atoms with Crippen molar-refractivity contribution in [2.45, 2.75) is 26.6 Å². The summed E-state index contributed by atoms with van der Waals surface area (Å²) < 4.78 is 41.1. The number of benzene rings is 2. The maximum atomic E-state index is 12.4. The highest BCUT2D eigenvalue weighted by Gasteiger charge is 2.31. The monoisotopic (exact) mass is 408 g/mol. The molecule has 0 aliphatic heterocycles. The van der Waals surface area contributed by atoms with Crippen LogP contribution < -0.4 is 10.1 Å². The van der Waals surface area contributed by atoms with E-state index < -0.39 is 18.2 Å². The molecule has 29 heavy (non-hydrogen) atoms. The van der Waals surface area contributed by atoms with Gasteiger partial charge in [0.2, 0.25) is 0 Å². The molecule has 0 bridgehead atoms. The quantitative estimate of drug-likeness (QED) is 0.671. The van der Waals surface area contributed by atoms with Crippen LogP contribution in [-0.2, 0) is 4.79 Å². The van der Waals surface area contributed by atoms with Crippen molar-refractivity contribution in [2.75, 3.05) is 6.54 Å². The number of carbonyl (C=O) groups excluding carboxylic acids is 1. The van der Waals surface area contributed by atoms with Crippen molar-refractivity contribution < 1.29 is 32.6 Å². The van der Waals surface area contributed by atoms with Crippen LogP contribution in [0.5, 0.6) is 5.75 Å². The first-order chi connectivity index (χ1) is 13.5. The van der Waals surface area contributed by atoms with Gasteiger partial charge in [-0.1, -0.05) is 18.2 Å². The van der Waals surface area contributed by atoms with E-state index in [1.165, 1.54) is 24.3 Å². The molecule has 2 aromatic carbocycles. The molecule has 0 spiro atoms. The molecule has 154 valence electrons. The number of ether oxygens (including phenoxy) is 1. The van der Waals surface area contributed by atoms with Crippen molar-refractivity contribution in [3.05, 3.63) is 59.2 Å². The van der Waals surface area contributed by atoms with E-state index in [0.717, 1.165) is 5.56 Å². The Hall–Kier alpha value is -3.36. The number of amides is 1. The highest BCUT2D eigenvalue weighted by Crippen LogP contribution is 2.25. The molecule has 0 radical (unpaired) electrons. The molecular weight excluding hydrogens is 389 g/mol.